The molecular formula is C20H16N4O2S2. The van der Waals surface area contributed by atoms with Crippen LogP contribution in [0, 0.1) is 13.8 Å². The number of aryl methyl sites for hydroxylation is 2. The molecule has 0 spiro atoms. The predicted molar refractivity (Wildman–Crippen MR) is 114 cm³/mol. The molecule has 4 rings (SSSR count). The molecule has 0 aliphatic heterocycles. The van der Waals surface area contributed by atoms with E-state index >= 15 is 0 Å². The second-order valence-electron chi connectivity index (χ2n) is 6.36. The molecule has 28 heavy (non-hydrogen) atoms. The molecule has 0 saturated heterocycles. The Morgan fingerprint density at radius 2 is 1.04 bits per heavy atom. The Bertz CT molecular complexity index is 1070. The number of aromatic nitrogens is 2. The molecule has 6 nitrogen and oxygen atoms in total. The van der Waals surface area contributed by atoms with Gasteiger partial charge in [-0.05, 0) is 61.2 Å². The van der Waals surface area contributed by atoms with Gasteiger partial charge in [0, 0.05) is 11.1 Å². The van der Waals surface area contributed by atoms with E-state index in [1.165, 1.54) is 23.1 Å². The van der Waals surface area contributed by atoms with Gasteiger partial charge in [-0.1, -0.05) is 35.4 Å². The van der Waals surface area contributed by atoms with Gasteiger partial charge in [0.15, 0.2) is 11.6 Å². The zero-order chi connectivity index (χ0) is 19.7. The number of nitrogens with zero attached hydrogens (tertiary/aromatic N) is 2. The zero-order valence-electron chi connectivity index (χ0n) is 15.1. The Morgan fingerprint density at radius 1 is 0.679 bits per heavy atom. The highest BCUT2D eigenvalue weighted by molar-refractivity contribution is 7.23. The summed E-state index contributed by atoms with van der Waals surface area (Å²) < 4.78 is 10.1. The van der Waals surface area contributed by atoms with Gasteiger partial charge in [0.05, 0.1) is 0 Å². The Hall–Kier alpha value is -3.10. The third-order valence-electron chi connectivity index (χ3n) is 4.18. The zero-order valence-corrected chi connectivity index (χ0v) is 16.8. The second kappa shape index (κ2) is 7.49. The molecular weight excluding hydrogens is 392 g/mol. The molecule has 2 amide bonds. The van der Waals surface area contributed by atoms with Gasteiger partial charge < -0.3 is 10.6 Å². The fourth-order valence-corrected chi connectivity index (χ4v) is 4.28. The number of carbonyl (C=O) groups excluding carboxylic acids is 2. The van der Waals surface area contributed by atoms with Crippen molar-refractivity contribution in [1.29, 1.82) is 0 Å². The van der Waals surface area contributed by atoms with Crippen LogP contribution in [0.1, 0.15) is 31.8 Å². The first-order valence-electron chi connectivity index (χ1n) is 8.52. The summed E-state index contributed by atoms with van der Waals surface area (Å²) in [5, 5.41) is 5.65. The molecule has 0 saturated carbocycles. The van der Waals surface area contributed by atoms with Crippen LogP contribution in [-0.2, 0) is 0 Å². The first-order valence-corrected chi connectivity index (χ1v) is 10.1. The lowest BCUT2D eigenvalue weighted by Crippen LogP contribution is -2.12. The number of carbonyl (C=O) groups is 2. The Labute approximate surface area is 169 Å². The summed E-state index contributed by atoms with van der Waals surface area (Å²) in [5.74, 6) is 0.453. The molecule has 0 radical (unpaired) electrons. The largest absolute Gasteiger partial charge is 0.304 e. The maximum atomic E-state index is 12.4. The molecule has 140 valence electrons. The van der Waals surface area contributed by atoms with Gasteiger partial charge in [-0.25, -0.2) is 0 Å². The van der Waals surface area contributed by atoms with Crippen LogP contribution in [-0.4, -0.2) is 20.6 Å². The average Bonchev–Trinajstić information content (AvgIpc) is 3.26. The molecule has 0 aliphatic rings. The maximum Gasteiger partial charge on any atom is 0.256 e. The summed E-state index contributed by atoms with van der Waals surface area (Å²) in [7, 11) is 0. The van der Waals surface area contributed by atoms with E-state index in [2.05, 4.69) is 19.4 Å². The van der Waals surface area contributed by atoms with Crippen molar-refractivity contribution in [1.82, 2.24) is 8.75 Å². The molecule has 0 fully saturated rings. The highest BCUT2D eigenvalue weighted by atomic mass is 32.1. The van der Waals surface area contributed by atoms with Crippen molar-refractivity contribution in [3.05, 3.63) is 70.8 Å². The number of anilines is 2. The third kappa shape index (κ3) is 3.64. The van der Waals surface area contributed by atoms with Gasteiger partial charge in [0.2, 0.25) is 0 Å². The normalized spacial score (nSPS) is 10.8. The van der Waals surface area contributed by atoms with E-state index in [1.54, 1.807) is 24.3 Å². The van der Waals surface area contributed by atoms with E-state index in [-0.39, 0.29) is 11.8 Å². The lowest BCUT2D eigenvalue weighted by atomic mass is 10.1. The Balaban J connectivity index is 1.53. The van der Waals surface area contributed by atoms with Gasteiger partial charge >= 0.3 is 0 Å². The number of nitrogens with one attached hydrogen (secondary N) is 2. The van der Waals surface area contributed by atoms with Crippen LogP contribution >= 0.6 is 23.1 Å². The summed E-state index contributed by atoms with van der Waals surface area (Å²) >= 11 is 2.39. The van der Waals surface area contributed by atoms with Gasteiger partial charge in [-0.15, -0.1) is 0 Å². The van der Waals surface area contributed by atoms with Crippen molar-refractivity contribution in [3.63, 3.8) is 0 Å². The van der Waals surface area contributed by atoms with Crippen molar-refractivity contribution >= 4 is 55.9 Å². The lowest BCUT2D eigenvalue weighted by Gasteiger charge is -2.02. The van der Waals surface area contributed by atoms with E-state index in [4.69, 9.17) is 0 Å². The van der Waals surface area contributed by atoms with Crippen LogP contribution in [0.15, 0.2) is 48.5 Å². The SMILES string of the molecule is Cc1ccc(C(=O)Nc2nsc3c(NC(=O)c4ccc(C)cc4)nsc23)cc1. The molecule has 0 unspecified atom stereocenters. The van der Waals surface area contributed by atoms with Crippen LogP contribution in [0.4, 0.5) is 11.6 Å². The summed E-state index contributed by atoms with van der Waals surface area (Å²) in [5.41, 5.74) is 3.29. The number of amides is 2. The molecule has 2 heterocycles. The Morgan fingerprint density at radius 3 is 1.39 bits per heavy atom. The first-order chi connectivity index (χ1) is 13.5. The standard InChI is InChI=1S/C20H16N4O2S2/c1-11-3-7-13(8-4-11)19(25)21-17-15-16(28-23-17)18(24-27-15)22-20(26)14-9-5-12(2)6-10-14/h3-10H,1-2H3,(H,21,23,25)(H,22,24,26). The molecule has 0 bridgehead atoms. The summed E-state index contributed by atoms with van der Waals surface area (Å²) in [6.45, 7) is 3.94. The Kier molecular flexibility index (Phi) is 4.89. The minimum absolute atomic E-state index is 0.231. The van der Waals surface area contributed by atoms with Gasteiger partial charge in [0.1, 0.15) is 9.40 Å². The van der Waals surface area contributed by atoms with Gasteiger partial charge in [0.25, 0.3) is 11.8 Å². The molecule has 0 aliphatic carbocycles. The fraction of sp³-hybridized carbons (Fsp3) is 0.100. The van der Waals surface area contributed by atoms with Crippen molar-refractivity contribution in [2.75, 3.05) is 10.6 Å². The van der Waals surface area contributed by atoms with E-state index < -0.39 is 0 Å². The predicted octanol–water partition coefficient (Wildman–Crippen LogP) is 4.87. The summed E-state index contributed by atoms with van der Waals surface area (Å²) in [6.07, 6.45) is 0. The number of rotatable bonds is 4. The quantitative estimate of drug-likeness (QED) is 0.504. The van der Waals surface area contributed by atoms with E-state index in [1.807, 2.05) is 38.1 Å². The van der Waals surface area contributed by atoms with E-state index in [9.17, 15) is 9.59 Å². The number of fused-ring (bicyclic) bond motifs is 1. The molecule has 0 atom stereocenters. The topological polar surface area (TPSA) is 84.0 Å². The minimum Gasteiger partial charge on any atom is -0.304 e. The lowest BCUT2D eigenvalue weighted by molar-refractivity contribution is 0.101. The van der Waals surface area contributed by atoms with Crippen molar-refractivity contribution in [2.24, 2.45) is 0 Å². The van der Waals surface area contributed by atoms with Crippen molar-refractivity contribution < 1.29 is 9.59 Å². The van der Waals surface area contributed by atoms with Crippen LogP contribution in [0.2, 0.25) is 0 Å². The molecule has 2 aromatic heterocycles. The molecule has 4 aromatic rings. The third-order valence-corrected chi connectivity index (χ3v) is 6.02. The molecule has 8 heteroatoms. The fourth-order valence-electron chi connectivity index (χ4n) is 2.58. The monoisotopic (exact) mass is 408 g/mol. The molecule has 2 aromatic carbocycles. The highest BCUT2D eigenvalue weighted by Crippen LogP contribution is 2.36. The van der Waals surface area contributed by atoms with Crippen LogP contribution in [0.3, 0.4) is 0 Å². The van der Waals surface area contributed by atoms with E-state index in [0.717, 1.165) is 20.5 Å². The van der Waals surface area contributed by atoms with Crippen molar-refractivity contribution in [2.45, 2.75) is 13.8 Å². The maximum absolute atomic E-state index is 12.4. The van der Waals surface area contributed by atoms with Crippen LogP contribution in [0.25, 0.3) is 9.40 Å². The minimum atomic E-state index is -0.231. The van der Waals surface area contributed by atoms with Gasteiger partial charge in [-0.2, -0.15) is 8.75 Å². The summed E-state index contributed by atoms with van der Waals surface area (Å²) in [6, 6.07) is 14.6. The number of benzene rings is 2. The van der Waals surface area contributed by atoms with Crippen LogP contribution in [0.5, 0.6) is 0 Å². The van der Waals surface area contributed by atoms with Crippen LogP contribution < -0.4 is 10.6 Å². The number of hydrogen-bond donors (Lipinski definition) is 2. The first kappa shape index (κ1) is 18.3. The highest BCUT2D eigenvalue weighted by Gasteiger charge is 2.18. The van der Waals surface area contributed by atoms with E-state index in [0.29, 0.717) is 22.8 Å². The molecule has 2 N–H and O–H groups in total. The van der Waals surface area contributed by atoms with Crippen molar-refractivity contribution in [3.8, 4) is 0 Å². The van der Waals surface area contributed by atoms with Gasteiger partial charge in [-0.3, -0.25) is 9.59 Å². The smallest absolute Gasteiger partial charge is 0.256 e. The second-order valence-corrected chi connectivity index (χ2v) is 7.91. The number of hydrogen-bond acceptors (Lipinski definition) is 6. The average molecular weight is 409 g/mol. The summed E-state index contributed by atoms with van der Waals surface area (Å²) in [4.78, 5) is 24.9.